The van der Waals surface area contributed by atoms with Crippen LogP contribution < -0.4 is 5.32 Å². The second-order valence-corrected chi connectivity index (χ2v) is 6.48. The van der Waals surface area contributed by atoms with Crippen LogP contribution in [0.25, 0.3) is 0 Å². The van der Waals surface area contributed by atoms with Gasteiger partial charge < -0.3 is 38.5 Å². The number of hydrogen-bond acceptors (Lipinski definition) is 8. The van der Waals surface area contributed by atoms with E-state index in [-0.39, 0.29) is 0 Å². The number of ether oxygens (including phenoxy) is 7. The van der Waals surface area contributed by atoms with E-state index in [1.807, 2.05) is 20.8 Å². The fraction of sp³-hybridized carbons (Fsp3) is 0.944. The van der Waals surface area contributed by atoms with Crippen molar-refractivity contribution in [2.24, 2.45) is 0 Å². The van der Waals surface area contributed by atoms with E-state index >= 15 is 0 Å². The molecule has 9 heteroatoms. The molecule has 0 unspecified atom stereocenters. The summed E-state index contributed by atoms with van der Waals surface area (Å²) in [6, 6.07) is 0. The minimum Gasteiger partial charge on any atom is -0.444 e. The molecule has 0 spiro atoms. The van der Waals surface area contributed by atoms with Gasteiger partial charge in [-0.25, -0.2) is 4.79 Å². The minimum atomic E-state index is -0.495. The lowest BCUT2D eigenvalue weighted by Crippen LogP contribution is -2.34. The first kappa shape index (κ1) is 26.0. The number of alkyl carbamates (subject to hydrolysis) is 1. The highest BCUT2D eigenvalue weighted by Gasteiger charge is 2.15. The van der Waals surface area contributed by atoms with Gasteiger partial charge in [-0.2, -0.15) is 0 Å². The van der Waals surface area contributed by atoms with Gasteiger partial charge in [-0.3, -0.25) is 0 Å². The summed E-state index contributed by atoms with van der Waals surface area (Å²) < 4.78 is 36.7. The molecule has 1 amide bonds. The maximum absolute atomic E-state index is 11.4. The highest BCUT2D eigenvalue weighted by Crippen LogP contribution is 2.05. The number of amides is 1. The Labute approximate surface area is 162 Å². The molecule has 9 nitrogen and oxygen atoms in total. The summed E-state index contributed by atoms with van der Waals surface area (Å²) in [5.74, 6) is 0. The fourth-order valence-corrected chi connectivity index (χ4v) is 1.66. The van der Waals surface area contributed by atoms with E-state index in [0.717, 1.165) is 0 Å². The smallest absolute Gasteiger partial charge is 0.407 e. The maximum atomic E-state index is 11.4. The minimum absolute atomic E-state index is 0.398. The molecule has 0 aliphatic heterocycles. The van der Waals surface area contributed by atoms with Gasteiger partial charge in [-0.05, 0) is 20.8 Å². The monoisotopic (exact) mass is 395 g/mol. The van der Waals surface area contributed by atoms with Crippen LogP contribution in [0.4, 0.5) is 4.79 Å². The van der Waals surface area contributed by atoms with Crippen molar-refractivity contribution >= 4 is 6.09 Å². The number of rotatable bonds is 18. The van der Waals surface area contributed by atoms with Gasteiger partial charge in [0.25, 0.3) is 0 Å². The van der Waals surface area contributed by atoms with E-state index in [1.165, 1.54) is 0 Å². The molecular formula is C18H37NO8. The average molecular weight is 395 g/mol. The molecule has 0 atom stereocenters. The topological polar surface area (TPSA) is 93.7 Å². The van der Waals surface area contributed by atoms with Crippen molar-refractivity contribution in [3.63, 3.8) is 0 Å². The normalized spacial score (nSPS) is 11.6. The van der Waals surface area contributed by atoms with E-state index in [4.69, 9.17) is 33.2 Å². The Morgan fingerprint density at radius 2 is 1.04 bits per heavy atom. The zero-order valence-corrected chi connectivity index (χ0v) is 17.3. The van der Waals surface area contributed by atoms with Crippen LogP contribution in [-0.4, -0.2) is 98.0 Å². The third kappa shape index (κ3) is 23.0. The number of methoxy groups -OCH3 is 1. The van der Waals surface area contributed by atoms with E-state index < -0.39 is 11.7 Å². The van der Waals surface area contributed by atoms with Crippen molar-refractivity contribution in [2.75, 3.05) is 86.3 Å². The molecule has 27 heavy (non-hydrogen) atoms. The van der Waals surface area contributed by atoms with Crippen molar-refractivity contribution in [3.05, 3.63) is 0 Å². The summed E-state index contributed by atoms with van der Waals surface area (Å²) in [6.07, 6.45) is -0.443. The lowest BCUT2D eigenvalue weighted by Gasteiger charge is -2.19. The van der Waals surface area contributed by atoms with Gasteiger partial charge in [0.2, 0.25) is 0 Å². The number of carbonyl (C=O) groups excluding carboxylic acids is 1. The van der Waals surface area contributed by atoms with Crippen LogP contribution in [0.5, 0.6) is 0 Å². The molecule has 0 heterocycles. The van der Waals surface area contributed by atoms with E-state index in [1.54, 1.807) is 7.11 Å². The fourth-order valence-electron chi connectivity index (χ4n) is 1.66. The van der Waals surface area contributed by atoms with Gasteiger partial charge >= 0.3 is 6.09 Å². The van der Waals surface area contributed by atoms with Crippen LogP contribution in [0.15, 0.2) is 0 Å². The number of hydrogen-bond donors (Lipinski definition) is 1. The SMILES string of the molecule is COCCOCCOCCOCCOCCOCCNC(=O)OC(C)(C)C. The van der Waals surface area contributed by atoms with Crippen molar-refractivity contribution < 1.29 is 38.0 Å². The second kappa shape index (κ2) is 18.4. The lowest BCUT2D eigenvalue weighted by molar-refractivity contribution is -0.0146. The molecule has 162 valence electrons. The third-order valence-electron chi connectivity index (χ3n) is 2.83. The first-order valence-corrected chi connectivity index (χ1v) is 9.30. The molecule has 0 aromatic carbocycles. The predicted octanol–water partition coefficient (Wildman–Crippen LogP) is 1.24. The second-order valence-electron chi connectivity index (χ2n) is 6.48. The Hall–Kier alpha value is -0.970. The van der Waals surface area contributed by atoms with Crippen LogP contribution in [0.1, 0.15) is 20.8 Å². The molecule has 0 saturated heterocycles. The Morgan fingerprint density at radius 3 is 1.41 bits per heavy atom. The Morgan fingerprint density at radius 1 is 0.667 bits per heavy atom. The molecule has 0 rings (SSSR count). The number of carbonyl (C=O) groups is 1. The average Bonchev–Trinajstić information content (AvgIpc) is 2.59. The Bertz CT molecular complexity index is 336. The van der Waals surface area contributed by atoms with Gasteiger partial charge in [0.1, 0.15) is 5.60 Å². The van der Waals surface area contributed by atoms with Crippen molar-refractivity contribution in [1.29, 1.82) is 0 Å². The molecule has 0 saturated carbocycles. The Kier molecular flexibility index (Phi) is 17.7. The van der Waals surface area contributed by atoms with Gasteiger partial charge in [-0.1, -0.05) is 0 Å². The Balaban J connectivity index is 3.12. The third-order valence-corrected chi connectivity index (χ3v) is 2.83. The molecular weight excluding hydrogens is 358 g/mol. The van der Waals surface area contributed by atoms with E-state index in [2.05, 4.69) is 5.32 Å². The molecule has 1 N–H and O–H groups in total. The summed E-state index contributed by atoms with van der Waals surface area (Å²) in [5, 5.41) is 2.62. The van der Waals surface area contributed by atoms with Gasteiger partial charge in [-0.15, -0.1) is 0 Å². The first-order chi connectivity index (χ1) is 13.0. The zero-order chi connectivity index (χ0) is 20.2. The summed E-state index contributed by atoms with van der Waals surface area (Å²) in [4.78, 5) is 11.4. The quantitative estimate of drug-likeness (QED) is 0.347. The predicted molar refractivity (Wildman–Crippen MR) is 100 cm³/mol. The molecule has 0 aliphatic rings. The van der Waals surface area contributed by atoms with Crippen molar-refractivity contribution in [3.8, 4) is 0 Å². The van der Waals surface area contributed by atoms with Crippen molar-refractivity contribution in [1.82, 2.24) is 5.32 Å². The van der Waals surface area contributed by atoms with Crippen LogP contribution >= 0.6 is 0 Å². The standard InChI is InChI=1S/C18H37NO8/c1-18(2,3)27-17(20)19-5-6-22-9-10-24-13-14-26-16-15-25-12-11-23-8-7-21-4/h5-16H2,1-4H3,(H,19,20). The maximum Gasteiger partial charge on any atom is 0.407 e. The van der Waals surface area contributed by atoms with Crippen molar-refractivity contribution in [2.45, 2.75) is 26.4 Å². The molecule has 0 aromatic rings. The van der Waals surface area contributed by atoms with Crippen LogP contribution in [0, 0.1) is 0 Å². The van der Waals surface area contributed by atoms with Crippen LogP contribution in [0.2, 0.25) is 0 Å². The summed E-state index contributed by atoms with van der Waals surface area (Å²) in [6.45, 7) is 11.5. The largest absolute Gasteiger partial charge is 0.444 e. The molecule has 0 bridgehead atoms. The molecule has 0 fully saturated rings. The van der Waals surface area contributed by atoms with Gasteiger partial charge in [0, 0.05) is 13.7 Å². The van der Waals surface area contributed by atoms with Crippen LogP contribution in [0.3, 0.4) is 0 Å². The summed E-state index contributed by atoms with van der Waals surface area (Å²) in [5.41, 5.74) is -0.495. The zero-order valence-electron chi connectivity index (χ0n) is 17.3. The van der Waals surface area contributed by atoms with E-state index in [9.17, 15) is 4.79 Å². The van der Waals surface area contributed by atoms with Crippen LogP contribution in [-0.2, 0) is 33.2 Å². The molecule has 0 radical (unpaired) electrons. The molecule has 0 aliphatic carbocycles. The summed E-state index contributed by atoms with van der Waals surface area (Å²) in [7, 11) is 1.64. The first-order valence-electron chi connectivity index (χ1n) is 9.30. The highest BCUT2D eigenvalue weighted by atomic mass is 16.6. The van der Waals surface area contributed by atoms with Gasteiger partial charge in [0.15, 0.2) is 0 Å². The van der Waals surface area contributed by atoms with Gasteiger partial charge in [0.05, 0.1) is 72.7 Å². The highest BCUT2D eigenvalue weighted by molar-refractivity contribution is 5.67. The number of nitrogens with one attached hydrogen (secondary N) is 1. The lowest BCUT2D eigenvalue weighted by atomic mass is 10.2. The summed E-state index contributed by atoms with van der Waals surface area (Å²) >= 11 is 0. The molecule has 0 aromatic heterocycles. The van der Waals surface area contributed by atoms with E-state index in [0.29, 0.717) is 79.2 Å².